The second-order valence-electron chi connectivity index (χ2n) is 5.47. The van der Waals surface area contributed by atoms with E-state index in [1.54, 1.807) is 0 Å². The number of aromatic nitrogens is 2. The average molecular weight is 253 g/mol. The highest BCUT2D eigenvalue weighted by atomic mass is 16.5. The van der Waals surface area contributed by atoms with Gasteiger partial charge in [0.25, 0.3) is 0 Å². The van der Waals surface area contributed by atoms with Crippen molar-refractivity contribution in [1.82, 2.24) is 14.7 Å². The van der Waals surface area contributed by atoms with Crippen molar-refractivity contribution in [2.24, 2.45) is 12.5 Å². The maximum atomic E-state index is 9.66. The lowest BCUT2D eigenvalue weighted by Crippen LogP contribution is -2.42. The Balaban J connectivity index is 1.90. The van der Waals surface area contributed by atoms with E-state index < -0.39 is 0 Å². The fourth-order valence-corrected chi connectivity index (χ4v) is 2.66. The van der Waals surface area contributed by atoms with E-state index in [-0.39, 0.29) is 12.0 Å². The van der Waals surface area contributed by atoms with Gasteiger partial charge in [-0.05, 0) is 19.9 Å². The van der Waals surface area contributed by atoms with Gasteiger partial charge in [0.15, 0.2) is 0 Å². The molecule has 0 saturated carbocycles. The van der Waals surface area contributed by atoms with Gasteiger partial charge in [0, 0.05) is 50.5 Å². The van der Waals surface area contributed by atoms with E-state index in [2.05, 4.69) is 17.0 Å². The number of hydrogen-bond donors (Lipinski definition) is 1. The molecule has 0 amide bonds. The molecule has 1 aromatic heterocycles. The Labute approximate surface area is 108 Å². The molecule has 0 spiro atoms. The summed E-state index contributed by atoms with van der Waals surface area (Å²) < 4.78 is 7.21. The van der Waals surface area contributed by atoms with Crippen molar-refractivity contribution < 1.29 is 9.84 Å². The molecule has 2 heterocycles. The summed E-state index contributed by atoms with van der Waals surface area (Å²) in [4.78, 5) is 2.26. The molecule has 1 saturated heterocycles. The molecule has 0 aromatic carbocycles. The third-order valence-electron chi connectivity index (χ3n) is 3.71. The number of aryl methyl sites for hydroxylation is 1. The first-order chi connectivity index (χ1) is 8.63. The average Bonchev–Trinajstić information content (AvgIpc) is 2.75. The van der Waals surface area contributed by atoms with Crippen molar-refractivity contribution in [3.05, 3.63) is 18.0 Å². The Morgan fingerprint density at radius 2 is 2.22 bits per heavy atom. The number of rotatable bonds is 5. The summed E-state index contributed by atoms with van der Waals surface area (Å²) in [6.07, 6.45) is 5.82. The zero-order valence-electron chi connectivity index (χ0n) is 11.3. The summed E-state index contributed by atoms with van der Waals surface area (Å²) in [5.41, 5.74) is 1.22. The van der Waals surface area contributed by atoms with Gasteiger partial charge in [0.1, 0.15) is 0 Å². The van der Waals surface area contributed by atoms with Crippen molar-refractivity contribution in [1.29, 1.82) is 0 Å². The Hall–Kier alpha value is -0.910. The first-order valence-corrected chi connectivity index (χ1v) is 6.48. The van der Waals surface area contributed by atoms with Crippen LogP contribution in [0.2, 0.25) is 0 Å². The van der Waals surface area contributed by atoms with Crippen molar-refractivity contribution in [2.45, 2.75) is 19.4 Å². The molecular weight excluding hydrogens is 230 g/mol. The van der Waals surface area contributed by atoms with E-state index in [1.807, 2.05) is 24.1 Å². The normalized spacial score (nSPS) is 19.3. The molecule has 0 aliphatic carbocycles. The third-order valence-corrected chi connectivity index (χ3v) is 3.71. The fraction of sp³-hybridized carbons (Fsp3) is 0.769. The Bertz CT molecular complexity index is 372. The second kappa shape index (κ2) is 5.82. The van der Waals surface area contributed by atoms with Gasteiger partial charge >= 0.3 is 0 Å². The first-order valence-electron chi connectivity index (χ1n) is 6.48. The van der Waals surface area contributed by atoms with E-state index in [0.29, 0.717) is 0 Å². The van der Waals surface area contributed by atoms with Crippen LogP contribution in [-0.2, 0) is 18.3 Å². The van der Waals surface area contributed by atoms with E-state index in [0.717, 1.165) is 39.1 Å². The van der Waals surface area contributed by atoms with Crippen molar-refractivity contribution in [3.63, 3.8) is 0 Å². The number of aliphatic hydroxyl groups excluding tert-OH is 1. The Kier molecular flexibility index (Phi) is 4.37. The molecule has 5 heteroatoms. The van der Waals surface area contributed by atoms with Gasteiger partial charge in [-0.25, -0.2) is 0 Å². The van der Waals surface area contributed by atoms with Crippen LogP contribution in [0.5, 0.6) is 0 Å². The predicted molar refractivity (Wildman–Crippen MR) is 69.1 cm³/mol. The van der Waals surface area contributed by atoms with E-state index >= 15 is 0 Å². The maximum Gasteiger partial charge on any atom is 0.0534 e. The zero-order chi connectivity index (χ0) is 13.0. The summed E-state index contributed by atoms with van der Waals surface area (Å²) >= 11 is 0. The highest BCUT2D eigenvalue weighted by Crippen LogP contribution is 2.30. The summed E-state index contributed by atoms with van der Waals surface area (Å²) in [6, 6.07) is 0. The van der Waals surface area contributed by atoms with Crippen LogP contribution in [0.3, 0.4) is 0 Å². The van der Waals surface area contributed by atoms with Crippen LogP contribution >= 0.6 is 0 Å². The summed E-state index contributed by atoms with van der Waals surface area (Å²) in [6.45, 7) is 3.55. The Morgan fingerprint density at radius 1 is 1.50 bits per heavy atom. The van der Waals surface area contributed by atoms with Crippen LogP contribution in [0.4, 0.5) is 0 Å². The molecular formula is C13H23N3O2. The van der Waals surface area contributed by atoms with Gasteiger partial charge < -0.3 is 14.7 Å². The molecule has 0 radical (unpaired) electrons. The molecule has 18 heavy (non-hydrogen) atoms. The van der Waals surface area contributed by atoms with Crippen LogP contribution in [0.25, 0.3) is 0 Å². The van der Waals surface area contributed by atoms with Crippen LogP contribution in [0.1, 0.15) is 18.4 Å². The quantitative estimate of drug-likeness (QED) is 0.837. The molecule has 5 nitrogen and oxygen atoms in total. The fourth-order valence-electron chi connectivity index (χ4n) is 2.66. The molecule has 0 bridgehead atoms. The lowest BCUT2D eigenvalue weighted by atomic mass is 9.80. The number of hydrogen-bond acceptors (Lipinski definition) is 4. The highest BCUT2D eigenvalue weighted by Gasteiger charge is 2.33. The monoisotopic (exact) mass is 253 g/mol. The van der Waals surface area contributed by atoms with Gasteiger partial charge in [-0.2, -0.15) is 5.10 Å². The van der Waals surface area contributed by atoms with Gasteiger partial charge in [-0.3, -0.25) is 4.68 Å². The molecule has 0 atom stereocenters. The minimum Gasteiger partial charge on any atom is -0.396 e. The van der Waals surface area contributed by atoms with E-state index in [9.17, 15) is 5.11 Å². The SMILES string of the molecule is CN(Cc1cnn(C)c1)CC1(CO)CCOCC1. The topological polar surface area (TPSA) is 50.5 Å². The van der Waals surface area contributed by atoms with Crippen molar-refractivity contribution in [2.75, 3.05) is 33.4 Å². The van der Waals surface area contributed by atoms with Crippen molar-refractivity contribution in [3.8, 4) is 0 Å². The molecule has 1 N–H and O–H groups in total. The predicted octanol–water partition coefficient (Wildman–Crippen LogP) is 0.641. The molecule has 1 aromatic rings. The lowest BCUT2D eigenvalue weighted by Gasteiger charge is -2.38. The lowest BCUT2D eigenvalue weighted by molar-refractivity contribution is -0.0318. The largest absolute Gasteiger partial charge is 0.396 e. The van der Waals surface area contributed by atoms with Gasteiger partial charge in [-0.15, -0.1) is 0 Å². The third kappa shape index (κ3) is 3.31. The van der Waals surface area contributed by atoms with Crippen LogP contribution in [0, 0.1) is 5.41 Å². The second-order valence-corrected chi connectivity index (χ2v) is 5.47. The molecule has 1 aliphatic rings. The summed E-state index contributed by atoms with van der Waals surface area (Å²) in [7, 11) is 4.02. The molecule has 102 valence electrons. The van der Waals surface area contributed by atoms with Gasteiger partial charge in [-0.1, -0.05) is 0 Å². The van der Waals surface area contributed by atoms with Gasteiger partial charge in [0.2, 0.25) is 0 Å². The number of aliphatic hydroxyl groups is 1. The summed E-state index contributed by atoms with van der Waals surface area (Å²) in [5, 5.41) is 13.8. The van der Waals surface area contributed by atoms with E-state index in [4.69, 9.17) is 4.74 Å². The summed E-state index contributed by atoms with van der Waals surface area (Å²) in [5.74, 6) is 0. The molecule has 0 unspecified atom stereocenters. The number of ether oxygens (including phenoxy) is 1. The first kappa shape index (κ1) is 13.5. The van der Waals surface area contributed by atoms with Gasteiger partial charge in [0.05, 0.1) is 12.8 Å². The standard InChI is InChI=1S/C13H23N3O2/c1-15(8-12-7-14-16(2)9-12)10-13(11-17)3-5-18-6-4-13/h7,9,17H,3-6,8,10-11H2,1-2H3. The van der Waals surface area contributed by atoms with Crippen molar-refractivity contribution >= 4 is 0 Å². The molecule has 1 fully saturated rings. The minimum atomic E-state index is 0.00914. The van der Waals surface area contributed by atoms with Crippen LogP contribution < -0.4 is 0 Å². The maximum absolute atomic E-state index is 9.66. The Morgan fingerprint density at radius 3 is 2.78 bits per heavy atom. The molecule has 1 aliphatic heterocycles. The zero-order valence-corrected chi connectivity index (χ0v) is 11.3. The van der Waals surface area contributed by atoms with Crippen LogP contribution in [-0.4, -0.2) is 53.2 Å². The van der Waals surface area contributed by atoms with E-state index in [1.165, 1.54) is 5.56 Å². The highest BCUT2D eigenvalue weighted by molar-refractivity contribution is 5.03. The van der Waals surface area contributed by atoms with Crippen LogP contribution in [0.15, 0.2) is 12.4 Å². The smallest absolute Gasteiger partial charge is 0.0534 e. The number of nitrogens with zero attached hydrogens (tertiary/aromatic N) is 3. The molecule has 2 rings (SSSR count). The minimum absolute atomic E-state index is 0.00914.